The zero-order valence-corrected chi connectivity index (χ0v) is 15.3. The Labute approximate surface area is 149 Å². The zero-order chi connectivity index (χ0) is 17.2. The van der Waals surface area contributed by atoms with Crippen LogP contribution in [0.5, 0.6) is 0 Å². The van der Waals surface area contributed by atoms with Gasteiger partial charge in [0.1, 0.15) is 0 Å². The third-order valence-electron chi connectivity index (χ3n) is 5.15. The molecule has 0 aromatic heterocycles. The predicted octanol–water partition coefficient (Wildman–Crippen LogP) is 3.42. The molecule has 132 valence electrons. The molecule has 2 fully saturated rings. The molecule has 2 aliphatic rings. The molecule has 2 heterocycles. The zero-order valence-electron chi connectivity index (χ0n) is 14.5. The number of carbonyl (C=O) groups is 1. The van der Waals surface area contributed by atoms with Crippen LogP contribution in [-0.2, 0) is 19.7 Å². The van der Waals surface area contributed by atoms with Crippen molar-refractivity contribution in [3.05, 3.63) is 34.9 Å². The van der Waals surface area contributed by atoms with Gasteiger partial charge in [0.2, 0.25) is 5.91 Å². The lowest BCUT2D eigenvalue weighted by molar-refractivity contribution is -0.140. The number of benzene rings is 1. The highest BCUT2D eigenvalue weighted by atomic mass is 35.5. The number of hydrogen-bond acceptors (Lipinski definition) is 3. The van der Waals surface area contributed by atoms with Gasteiger partial charge in [0.15, 0.2) is 0 Å². The summed E-state index contributed by atoms with van der Waals surface area (Å²) in [5.41, 5.74) is 0.759. The molecule has 1 amide bonds. The molecule has 2 aliphatic heterocycles. The van der Waals surface area contributed by atoms with Crippen LogP contribution in [0.15, 0.2) is 24.3 Å². The van der Waals surface area contributed by atoms with Crippen molar-refractivity contribution in [2.24, 2.45) is 0 Å². The minimum Gasteiger partial charge on any atom is -0.378 e. The minimum atomic E-state index is -0.233. The number of amides is 1. The Morgan fingerprint density at radius 2 is 1.83 bits per heavy atom. The van der Waals surface area contributed by atoms with E-state index in [-0.39, 0.29) is 16.9 Å². The van der Waals surface area contributed by atoms with Crippen molar-refractivity contribution in [3.8, 4) is 0 Å². The van der Waals surface area contributed by atoms with Gasteiger partial charge in [-0.05, 0) is 44.4 Å². The standard InChI is InChI=1S/C19H26ClNO3/c1-18(2)14-19(7-10-24-18,15-3-5-16(20)6-4-15)13-17(22)21-8-11-23-12-9-21/h3-6H,7-14H2,1-2H3/t19-/m1/s1. The SMILES string of the molecule is CC1(C)C[C@@](CC(=O)N2CCOCC2)(c2ccc(Cl)cc2)CCO1. The largest absolute Gasteiger partial charge is 0.378 e. The second-order valence-corrected chi connectivity index (χ2v) is 7.93. The molecule has 4 nitrogen and oxygen atoms in total. The summed E-state index contributed by atoms with van der Waals surface area (Å²) in [7, 11) is 0. The smallest absolute Gasteiger partial charge is 0.223 e. The van der Waals surface area contributed by atoms with Gasteiger partial charge in [-0.15, -0.1) is 0 Å². The number of ether oxygens (including phenoxy) is 2. The van der Waals surface area contributed by atoms with E-state index >= 15 is 0 Å². The Hall–Kier alpha value is -1.10. The van der Waals surface area contributed by atoms with Gasteiger partial charge in [0, 0.05) is 36.6 Å². The lowest BCUT2D eigenvalue weighted by Crippen LogP contribution is -2.48. The molecular formula is C19H26ClNO3. The van der Waals surface area contributed by atoms with Crippen LogP contribution in [0.25, 0.3) is 0 Å². The number of hydrogen-bond donors (Lipinski definition) is 0. The van der Waals surface area contributed by atoms with E-state index in [1.165, 1.54) is 5.56 Å². The molecule has 0 unspecified atom stereocenters. The van der Waals surface area contributed by atoms with Crippen molar-refractivity contribution in [2.45, 2.75) is 44.1 Å². The van der Waals surface area contributed by atoms with E-state index in [4.69, 9.17) is 21.1 Å². The van der Waals surface area contributed by atoms with Crippen molar-refractivity contribution < 1.29 is 14.3 Å². The molecule has 24 heavy (non-hydrogen) atoms. The fraction of sp³-hybridized carbons (Fsp3) is 0.632. The van der Waals surface area contributed by atoms with E-state index in [1.54, 1.807) is 0 Å². The maximum absolute atomic E-state index is 12.9. The maximum Gasteiger partial charge on any atom is 0.223 e. The number of carbonyl (C=O) groups excluding carboxylic acids is 1. The van der Waals surface area contributed by atoms with Crippen LogP contribution in [-0.4, -0.2) is 49.3 Å². The first kappa shape index (κ1) is 17.7. The van der Waals surface area contributed by atoms with Crippen molar-refractivity contribution in [1.82, 2.24) is 4.90 Å². The van der Waals surface area contributed by atoms with Gasteiger partial charge in [0.05, 0.1) is 18.8 Å². The van der Waals surface area contributed by atoms with Gasteiger partial charge >= 0.3 is 0 Å². The third kappa shape index (κ3) is 3.93. The summed E-state index contributed by atoms with van der Waals surface area (Å²) in [4.78, 5) is 14.9. The molecular weight excluding hydrogens is 326 g/mol. The van der Waals surface area contributed by atoms with Crippen LogP contribution in [0.1, 0.15) is 38.7 Å². The summed E-state index contributed by atoms with van der Waals surface area (Å²) in [5, 5.41) is 0.722. The fourth-order valence-electron chi connectivity index (χ4n) is 3.99. The van der Waals surface area contributed by atoms with E-state index in [1.807, 2.05) is 17.0 Å². The highest BCUT2D eigenvalue weighted by molar-refractivity contribution is 6.30. The Bertz CT molecular complexity index is 581. The average molecular weight is 352 g/mol. The van der Waals surface area contributed by atoms with Gasteiger partial charge in [-0.1, -0.05) is 23.7 Å². The molecule has 0 spiro atoms. The summed E-state index contributed by atoms with van der Waals surface area (Å²) < 4.78 is 11.3. The Balaban J connectivity index is 1.87. The van der Waals surface area contributed by atoms with E-state index in [0.29, 0.717) is 39.3 Å². The van der Waals surface area contributed by atoms with Crippen LogP contribution < -0.4 is 0 Å². The lowest BCUT2D eigenvalue weighted by Gasteiger charge is -2.46. The number of nitrogens with zero attached hydrogens (tertiary/aromatic N) is 1. The topological polar surface area (TPSA) is 38.8 Å². The molecule has 2 saturated heterocycles. The normalized spacial score (nSPS) is 27.0. The van der Waals surface area contributed by atoms with Crippen LogP contribution >= 0.6 is 11.6 Å². The summed E-state index contributed by atoms with van der Waals surface area (Å²) in [5.74, 6) is 0.214. The molecule has 1 atom stereocenters. The first-order valence-electron chi connectivity index (χ1n) is 8.66. The second-order valence-electron chi connectivity index (χ2n) is 7.49. The van der Waals surface area contributed by atoms with Crippen molar-refractivity contribution in [3.63, 3.8) is 0 Å². The lowest BCUT2D eigenvalue weighted by atomic mass is 9.67. The first-order valence-corrected chi connectivity index (χ1v) is 9.04. The average Bonchev–Trinajstić information content (AvgIpc) is 2.55. The highest BCUT2D eigenvalue weighted by Crippen LogP contribution is 2.44. The van der Waals surface area contributed by atoms with Crippen LogP contribution in [0, 0.1) is 0 Å². The fourth-order valence-corrected chi connectivity index (χ4v) is 4.12. The van der Waals surface area contributed by atoms with Gasteiger partial charge in [-0.25, -0.2) is 0 Å². The van der Waals surface area contributed by atoms with Crippen LogP contribution in [0.4, 0.5) is 0 Å². The van der Waals surface area contributed by atoms with E-state index < -0.39 is 0 Å². The van der Waals surface area contributed by atoms with Gasteiger partial charge in [-0.3, -0.25) is 4.79 Å². The monoisotopic (exact) mass is 351 g/mol. The van der Waals surface area contributed by atoms with Gasteiger partial charge in [0.25, 0.3) is 0 Å². The van der Waals surface area contributed by atoms with Crippen molar-refractivity contribution in [1.29, 1.82) is 0 Å². The van der Waals surface area contributed by atoms with Crippen molar-refractivity contribution >= 4 is 17.5 Å². The second kappa shape index (κ2) is 7.03. The Morgan fingerprint density at radius 1 is 1.17 bits per heavy atom. The Morgan fingerprint density at radius 3 is 2.46 bits per heavy atom. The number of halogens is 1. The molecule has 0 aliphatic carbocycles. The molecule has 0 N–H and O–H groups in total. The van der Waals surface area contributed by atoms with Crippen molar-refractivity contribution in [2.75, 3.05) is 32.9 Å². The van der Waals surface area contributed by atoms with E-state index in [2.05, 4.69) is 26.0 Å². The van der Waals surface area contributed by atoms with Gasteiger partial charge < -0.3 is 14.4 Å². The quantitative estimate of drug-likeness (QED) is 0.837. The first-order chi connectivity index (χ1) is 11.4. The molecule has 0 bridgehead atoms. The van der Waals surface area contributed by atoms with E-state index in [9.17, 15) is 4.79 Å². The molecule has 0 radical (unpaired) electrons. The van der Waals surface area contributed by atoms with Crippen LogP contribution in [0.2, 0.25) is 5.02 Å². The van der Waals surface area contributed by atoms with Gasteiger partial charge in [-0.2, -0.15) is 0 Å². The minimum absolute atomic E-state index is 0.193. The summed E-state index contributed by atoms with van der Waals surface area (Å²) in [6, 6.07) is 7.97. The molecule has 5 heteroatoms. The predicted molar refractivity (Wildman–Crippen MR) is 94.4 cm³/mol. The molecule has 0 saturated carbocycles. The highest BCUT2D eigenvalue weighted by Gasteiger charge is 2.44. The number of rotatable bonds is 3. The maximum atomic E-state index is 12.9. The summed E-state index contributed by atoms with van der Waals surface area (Å²) >= 11 is 6.07. The number of morpholine rings is 1. The summed E-state index contributed by atoms with van der Waals surface area (Å²) in [6.07, 6.45) is 2.20. The summed E-state index contributed by atoms with van der Waals surface area (Å²) in [6.45, 7) is 7.53. The van der Waals surface area contributed by atoms with E-state index in [0.717, 1.165) is 17.9 Å². The molecule has 3 rings (SSSR count). The molecule has 1 aromatic carbocycles. The Kier molecular flexibility index (Phi) is 5.19. The third-order valence-corrected chi connectivity index (χ3v) is 5.40. The molecule has 1 aromatic rings. The van der Waals surface area contributed by atoms with Crippen LogP contribution in [0.3, 0.4) is 0 Å².